The highest BCUT2D eigenvalue weighted by Crippen LogP contribution is 2.29. The first kappa shape index (κ1) is 22.0. The van der Waals surface area contributed by atoms with Crippen molar-refractivity contribution in [2.75, 3.05) is 40.0 Å². The number of aromatic nitrogens is 3. The van der Waals surface area contributed by atoms with Crippen molar-refractivity contribution >= 4 is 5.91 Å². The molecular formula is C21H31N5O4. The Morgan fingerprint density at radius 2 is 2.23 bits per heavy atom. The summed E-state index contributed by atoms with van der Waals surface area (Å²) in [7, 11) is 1.64. The Bertz CT molecular complexity index is 825. The number of carbonyl (C=O) groups is 1. The average Bonchev–Trinajstić information content (AvgIpc) is 3.25. The van der Waals surface area contributed by atoms with Gasteiger partial charge in [0.1, 0.15) is 0 Å². The summed E-state index contributed by atoms with van der Waals surface area (Å²) in [6.45, 7) is 5.68. The fourth-order valence-corrected chi connectivity index (χ4v) is 3.67. The summed E-state index contributed by atoms with van der Waals surface area (Å²) in [6.07, 6.45) is 4.28. The summed E-state index contributed by atoms with van der Waals surface area (Å²) in [5.41, 5.74) is 1.48. The van der Waals surface area contributed by atoms with Crippen molar-refractivity contribution in [1.29, 1.82) is 0 Å². The zero-order valence-electron chi connectivity index (χ0n) is 17.7. The maximum absolute atomic E-state index is 12.1. The molecule has 2 N–H and O–H groups in total. The van der Waals surface area contributed by atoms with Gasteiger partial charge in [-0.2, -0.15) is 0 Å². The number of amides is 1. The number of hydrogen-bond donors (Lipinski definition) is 2. The molecule has 2 aromatic rings. The summed E-state index contributed by atoms with van der Waals surface area (Å²) < 4.78 is 12.9. The second-order valence-corrected chi connectivity index (χ2v) is 7.37. The number of aliphatic hydroxyl groups excluding tert-OH is 1. The molecule has 0 unspecified atom stereocenters. The van der Waals surface area contributed by atoms with Gasteiger partial charge < -0.3 is 19.9 Å². The van der Waals surface area contributed by atoms with Gasteiger partial charge in [-0.25, -0.2) is 4.68 Å². The van der Waals surface area contributed by atoms with Crippen LogP contribution in [-0.4, -0.2) is 70.9 Å². The molecule has 1 aromatic carbocycles. The van der Waals surface area contributed by atoms with E-state index in [-0.39, 0.29) is 18.6 Å². The largest absolute Gasteiger partial charge is 0.493 e. The van der Waals surface area contributed by atoms with Gasteiger partial charge in [0.2, 0.25) is 0 Å². The summed E-state index contributed by atoms with van der Waals surface area (Å²) in [6, 6.07) is 6.22. The zero-order chi connectivity index (χ0) is 21.3. The van der Waals surface area contributed by atoms with E-state index < -0.39 is 0 Å². The molecule has 1 saturated heterocycles. The van der Waals surface area contributed by atoms with Crippen molar-refractivity contribution in [3.63, 3.8) is 0 Å². The highest BCUT2D eigenvalue weighted by molar-refractivity contribution is 5.91. The van der Waals surface area contributed by atoms with Crippen molar-refractivity contribution in [2.24, 2.45) is 0 Å². The molecule has 1 amide bonds. The average molecular weight is 418 g/mol. The van der Waals surface area contributed by atoms with E-state index in [4.69, 9.17) is 14.6 Å². The maximum Gasteiger partial charge on any atom is 0.273 e. The van der Waals surface area contributed by atoms with E-state index in [2.05, 4.69) is 26.6 Å². The third-order valence-electron chi connectivity index (χ3n) is 5.15. The molecule has 1 fully saturated rings. The van der Waals surface area contributed by atoms with Crippen LogP contribution in [0.2, 0.25) is 0 Å². The molecule has 1 aromatic heterocycles. The zero-order valence-corrected chi connectivity index (χ0v) is 17.7. The SMILES string of the molecule is CCOc1cc(CN2CCC[C@@H](n3cc(C(=O)NCCCO)nn3)C2)ccc1OC. The Balaban J connectivity index is 1.61. The lowest BCUT2D eigenvalue weighted by atomic mass is 10.0. The lowest BCUT2D eigenvalue weighted by Crippen LogP contribution is -2.36. The van der Waals surface area contributed by atoms with Gasteiger partial charge in [0.15, 0.2) is 17.2 Å². The van der Waals surface area contributed by atoms with Crippen molar-refractivity contribution < 1.29 is 19.4 Å². The Labute approximate surface area is 177 Å². The molecule has 9 nitrogen and oxygen atoms in total. The minimum Gasteiger partial charge on any atom is -0.493 e. The molecule has 2 heterocycles. The van der Waals surface area contributed by atoms with Crippen LogP contribution in [0.15, 0.2) is 24.4 Å². The molecule has 0 aliphatic carbocycles. The van der Waals surface area contributed by atoms with Crippen molar-refractivity contribution in [2.45, 2.75) is 38.8 Å². The molecule has 30 heavy (non-hydrogen) atoms. The first-order chi connectivity index (χ1) is 14.6. The molecule has 0 saturated carbocycles. The van der Waals surface area contributed by atoms with Crippen LogP contribution in [-0.2, 0) is 6.54 Å². The summed E-state index contributed by atoms with van der Waals surface area (Å²) in [5, 5.41) is 19.8. The Morgan fingerprint density at radius 3 is 3.00 bits per heavy atom. The van der Waals surface area contributed by atoms with E-state index in [0.29, 0.717) is 25.3 Å². The first-order valence-electron chi connectivity index (χ1n) is 10.5. The fraction of sp³-hybridized carbons (Fsp3) is 0.571. The second-order valence-electron chi connectivity index (χ2n) is 7.37. The molecule has 164 valence electrons. The van der Waals surface area contributed by atoms with Crippen molar-refractivity contribution in [1.82, 2.24) is 25.2 Å². The summed E-state index contributed by atoms with van der Waals surface area (Å²) in [4.78, 5) is 14.5. The van der Waals surface area contributed by atoms with Crippen LogP contribution >= 0.6 is 0 Å². The Morgan fingerprint density at radius 1 is 1.37 bits per heavy atom. The number of rotatable bonds is 10. The molecule has 9 heteroatoms. The smallest absolute Gasteiger partial charge is 0.273 e. The predicted molar refractivity (Wildman–Crippen MR) is 112 cm³/mol. The number of likely N-dealkylation sites (tertiary alicyclic amines) is 1. The molecule has 1 aliphatic heterocycles. The van der Waals surface area contributed by atoms with E-state index in [1.165, 1.54) is 5.56 Å². The molecule has 1 aliphatic rings. The Kier molecular flexibility index (Phi) is 8.04. The van der Waals surface area contributed by atoms with Crippen molar-refractivity contribution in [3.05, 3.63) is 35.7 Å². The number of ether oxygens (including phenoxy) is 2. The topological polar surface area (TPSA) is 102 Å². The number of nitrogens with one attached hydrogen (secondary N) is 1. The van der Waals surface area contributed by atoms with Gasteiger partial charge in [0.05, 0.1) is 26.0 Å². The Hall–Kier alpha value is -2.65. The maximum atomic E-state index is 12.1. The highest BCUT2D eigenvalue weighted by atomic mass is 16.5. The van der Waals surface area contributed by atoms with E-state index in [1.807, 2.05) is 19.1 Å². The van der Waals surface area contributed by atoms with Gasteiger partial charge >= 0.3 is 0 Å². The van der Waals surface area contributed by atoms with E-state index >= 15 is 0 Å². The number of piperidine rings is 1. The van der Waals surface area contributed by atoms with E-state index in [9.17, 15) is 4.79 Å². The van der Waals surface area contributed by atoms with E-state index in [1.54, 1.807) is 18.0 Å². The number of benzene rings is 1. The molecule has 3 rings (SSSR count). The third-order valence-corrected chi connectivity index (χ3v) is 5.15. The fourth-order valence-electron chi connectivity index (χ4n) is 3.67. The standard InChI is InChI=1S/C21H31N5O4/c1-3-30-20-12-16(7-8-19(20)29-2)13-25-10-4-6-17(14-25)26-15-18(23-24-26)21(28)22-9-5-11-27/h7-8,12,15,17,27H,3-6,9-11,13-14H2,1-2H3,(H,22,28)/t17-/m1/s1. The van der Waals surface area contributed by atoms with Crippen LogP contribution in [0.25, 0.3) is 0 Å². The van der Waals surface area contributed by atoms with Gasteiger partial charge in [-0.1, -0.05) is 11.3 Å². The van der Waals surface area contributed by atoms with E-state index in [0.717, 1.165) is 44.0 Å². The monoisotopic (exact) mass is 417 g/mol. The van der Waals surface area contributed by atoms with Crippen LogP contribution < -0.4 is 14.8 Å². The highest BCUT2D eigenvalue weighted by Gasteiger charge is 2.24. The van der Waals surface area contributed by atoms with Gasteiger partial charge in [-0.15, -0.1) is 5.10 Å². The van der Waals surface area contributed by atoms with Crippen LogP contribution in [0.3, 0.4) is 0 Å². The predicted octanol–water partition coefficient (Wildman–Crippen LogP) is 1.63. The van der Waals surface area contributed by atoms with Crippen molar-refractivity contribution in [3.8, 4) is 11.5 Å². The lowest BCUT2D eigenvalue weighted by Gasteiger charge is -2.32. The molecule has 1 atom stereocenters. The molecule has 0 radical (unpaired) electrons. The number of nitrogens with zero attached hydrogens (tertiary/aromatic N) is 4. The minimum atomic E-state index is -0.260. The van der Waals surface area contributed by atoms with Gasteiger partial charge in [0.25, 0.3) is 5.91 Å². The van der Waals surface area contributed by atoms with Crippen LogP contribution in [0, 0.1) is 0 Å². The summed E-state index contributed by atoms with van der Waals surface area (Å²) in [5.74, 6) is 1.24. The second kappa shape index (κ2) is 10.9. The van der Waals surface area contributed by atoms with Gasteiger partial charge in [-0.05, 0) is 50.4 Å². The molecule has 0 bridgehead atoms. The normalized spacial score (nSPS) is 17.0. The van der Waals surface area contributed by atoms with Crippen LogP contribution in [0.5, 0.6) is 11.5 Å². The number of carbonyl (C=O) groups excluding carboxylic acids is 1. The third kappa shape index (κ3) is 5.70. The quantitative estimate of drug-likeness (QED) is 0.567. The molecule has 0 spiro atoms. The van der Waals surface area contributed by atoms with Gasteiger partial charge in [0, 0.05) is 26.2 Å². The number of hydrogen-bond acceptors (Lipinski definition) is 7. The lowest BCUT2D eigenvalue weighted by molar-refractivity contribution is 0.0946. The minimum absolute atomic E-state index is 0.0468. The molecular weight excluding hydrogens is 386 g/mol. The van der Waals surface area contributed by atoms with Crippen LogP contribution in [0.1, 0.15) is 48.3 Å². The van der Waals surface area contributed by atoms with Gasteiger partial charge in [-0.3, -0.25) is 9.69 Å². The van der Waals surface area contributed by atoms with Crippen LogP contribution in [0.4, 0.5) is 0 Å². The number of methoxy groups -OCH3 is 1. The first-order valence-corrected chi connectivity index (χ1v) is 10.5. The number of aliphatic hydroxyl groups is 1. The summed E-state index contributed by atoms with van der Waals surface area (Å²) >= 11 is 0.